The van der Waals surface area contributed by atoms with E-state index in [1.54, 1.807) is 29.2 Å². The minimum absolute atomic E-state index is 0.00270. The molecule has 0 bridgehead atoms. The number of benzene rings is 2. The third-order valence-electron chi connectivity index (χ3n) is 5.66. The number of para-hydroxylation sites is 1. The zero-order valence-corrected chi connectivity index (χ0v) is 17.3. The molecule has 1 aliphatic heterocycles. The number of carbonyl (C=O) groups excluding carboxylic acids is 3. The second kappa shape index (κ2) is 9.47. The van der Waals surface area contributed by atoms with E-state index in [0.717, 1.165) is 16.5 Å². The molecule has 4 rings (SSSR count). The Kier molecular flexibility index (Phi) is 6.31. The van der Waals surface area contributed by atoms with E-state index in [1.807, 2.05) is 41.4 Å². The van der Waals surface area contributed by atoms with Crippen molar-refractivity contribution >= 4 is 28.6 Å². The molecule has 0 radical (unpaired) electrons. The van der Waals surface area contributed by atoms with Crippen LogP contribution in [0.1, 0.15) is 22.3 Å². The Morgan fingerprint density at radius 3 is 2.23 bits per heavy atom. The molecule has 1 aromatic heterocycles. The summed E-state index contributed by atoms with van der Waals surface area (Å²) < 4.78 is 0. The summed E-state index contributed by atoms with van der Waals surface area (Å²) in [5, 5.41) is 3.85. The number of hydrogen-bond donors (Lipinski definition) is 2. The first-order valence-corrected chi connectivity index (χ1v) is 10.6. The number of aromatic amines is 1. The molecule has 2 heterocycles. The predicted octanol–water partition coefficient (Wildman–Crippen LogP) is 2.20. The van der Waals surface area contributed by atoms with Gasteiger partial charge in [0.2, 0.25) is 11.8 Å². The van der Waals surface area contributed by atoms with Crippen molar-refractivity contribution in [1.29, 1.82) is 0 Å². The van der Waals surface area contributed by atoms with Crippen molar-refractivity contribution < 1.29 is 14.4 Å². The van der Waals surface area contributed by atoms with E-state index in [4.69, 9.17) is 0 Å². The summed E-state index contributed by atoms with van der Waals surface area (Å²) in [6, 6.07) is 16.9. The van der Waals surface area contributed by atoms with Crippen molar-refractivity contribution in [3.8, 4) is 0 Å². The minimum Gasteiger partial charge on any atom is -0.361 e. The van der Waals surface area contributed by atoms with Gasteiger partial charge in [-0.05, 0) is 23.8 Å². The number of piperazine rings is 1. The largest absolute Gasteiger partial charge is 0.361 e. The zero-order valence-electron chi connectivity index (χ0n) is 17.3. The molecule has 31 heavy (non-hydrogen) atoms. The van der Waals surface area contributed by atoms with Crippen molar-refractivity contribution in [2.45, 2.75) is 12.8 Å². The second-order valence-electron chi connectivity index (χ2n) is 7.67. The van der Waals surface area contributed by atoms with Gasteiger partial charge in [0.15, 0.2) is 0 Å². The molecule has 0 spiro atoms. The maximum atomic E-state index is 12.7. The SMILES string of the molecule is O=C(NCCC(=O)N1CCN(C(=O)Cc2c[nH]c3ccccc23)CC1)c1ccccc1. The average molecular weight is 418 g/mol. The van der Waals surface area contributed by atoms with Gasteiger partial charge in [0.25, 0.3) is 5.91 Å². The third-order valence-corrected chi connectivity index (χ3v) is 5.66. The van der Waals surface area contributed by atoms with Gasteiger partial charge in [0.1, 0.15) is 0 Å². The van der Waals surface area contributed by atoms with Crippen LogP contribution in [0.5, 0.6) is 0 Å². The zero-order chi connectivity index (χ0) is 21.6. The highest BCUT2D eigenvalue weighted by atomic mass is 16.2. The summed E-state index contributed by atoms with van der Waals surface area (Å²) in [6.45, 7) is 2.40. The van der Waals surface area contributed by atoms with Gasteiger partial charge >= 0.3 is 0 Å². The lowest BCUT2D eigenvalue weighted by atomic mass is 10.1. The molecule has 1 saturated heterocycles. The predicted molar refractivity (Wildman–Crippen MR) is 119 cm³/mol. The van der Waals surface area contributed by atoms with E-state index in [-0.39, 0.29) is 24.1 Å². The molecule has 3 amide bonds. The minimum atomic E-state index is -0.180. The maximum Gasteiger partial charge on any atom is 0.251 e. The van der Waals surface area contributed by atoms with Gasteiger partial charge in [-0.25, -0.2) is 0 Å². The third kappa shape index (κ3) is 4.94. The van der Waals surface area contributed by atoms with Crippen molar-refractivity contribution in [3.63, 3.8) is 0 Å². The highest BCUT2D eigenvalue weighted by molar-refractivity contribution is 5.94. The molecule has 1 fully saturated rings. The van der Waals surface area contributed by atoms with Gasteiger partial charge in [-0.1, -0.05) is 36.4 Å². The molecule has 1 aliphatic rings. The van der Waals surface area contributed by atoms with Crippen LogP contribution in [-0.4, -0.2) is 65.2 Å². The molecule has 2 aromatic carbocycles. The van der Waals surface area contributed by atoms with Gasteiger partial charge < -0.3 is 20.1 Å². The second-order valence-corrected chi connectivity index (χ2v) is 7.67. The van der Waals surface area contributed by atoms with Crippen LogP contribution in [-0.2, 0) is 16.0 Å². The molecule has 2 N–H and O–H groups in total. The van der Waals surface area contributed by atoms with Gasteiger partial charge in [-0.3, -0.25) is 14.4 Å². The smallest absolute Gasteiger partial charge is 0.251 e. The Balaban J connectivity index is 1.21. The normalized spacial score (nSPS) is 13.9. The van der Waals surface area contributed by atoms with Crippen molar-refractivity contribution in [1.82, 2.24) is 20.1 Å². The first kappa shape index (κ1) is 20.7. The fourth-order valence-corrected chi connectivity index (χ4v) is 3.89. The number of nitrogens with zero attached hydrogens (tertiary/aromatic N) is 2. The number of aromatic nitrogens is 1. The van der Waals surface area contributed by atoms with Gasteiger partial charge in [-0.15, -0.1) is 0 Å². The number of carbonyl (C=O) groups is 3. The maximum absolute atomic E-state index is 12.7. The summed E-state index contributed by atoms with van der Waals surface area (Å²) in [5.41, 5.74) is 2.60. The van der Waals surface area contributed by atoms with Crippen LogP contribution in [0, 0.1) is 0 Å². The number of nitrogens with one attached hydrogen (secondary N) is 2. The number of fused-ring (bicyclic) bond motifs is 1. The quantitative estimate of drug-likeness (QED) is 0.644. The van der Waals surface area contributed by atoms with Crippen molar-refractivity contribution in [2.75, 3.05) is 32.7 Å². The monoisotopic (exact) mass is 418 g/mol. The average Bonchev–Trinajstić information content (AvgIpc) is 3.22. The first-order valence-electron chi connectivity index (χ1n) is 10.6. The molecule has 3 aromatic rings. The van der Waals surface area contributed by atoms with Crippen molar-refractivity contribution in [2.24, 2.45) is 0 Å². The van der Waals surface area contributed by atoms with Gasteiger partial charge in [0, 0.05) is 61.8 Å². The topological polar surface area (TPSA) is 85.5 Å². The van der Waals surface area contributed by atoms with E-state index in [2.05, 4.69) is 10.3 Å². The summed E-state index contributed by atoms with van der Waals surface area (Å²) in [4.78, 5) is 44.0. The molecule has 0 atom stereocenters. The standard InChI is InChI=1S/C24H26N4O3/c29-22(10-11-25-24(31)18-6-2-1-3-7-18)27-12-14-28(15-13-27)23(30)16-19-17-26-21-9-5-4-8-20(19)21/h1-9,17,26H,10-16H2,(H,25,31). The van der Waals surface area contributed by atoms with Crippen LogP contribution in [0.3, 0.4) is 0 Å². The molecule has 160 valence electrons. The lowest BCUT2D eigenvalue weighted by molar-refractivity contribution is -0.139. The molecule has 0 saturated carbocycles. The number of rotatable bonds is 6. The van der Waals surface area contributed by atoms with E-state index < -0.39 is 0 Å². The summed E-state index contributed by atoms with van der Waals surface area (Å²) >= 11 is 0. The summed E-state index contributed by atoms with van der Waals surface area (Å²) in [5.74, 6) is -0.106. The van der Waals surface area contributed by atoms with Crippen LogP contribution in [0.2, 0.25) is 0 Å². The Bertz CT molecular complexity index is 1070. The number of amides is 3. The summed E-state index contributed by atoms with van der Waals surface area (Å²) in [6.07, 6.45) is 2.50. The Morgan fingerprint density at radius 2 is 1.48 bits per heavy atom. The van der Waals surface area contributed by atoms with Crippen LogP contribution in [0.15, 0.2) is 60.8 Å². The van der Waals surface area contributed by atoms with Crippen LogP contribution >= 0.6 is 0 Å². The van der Waals surface area contributed by atoms with Crippen LogP contribution < -0.4 is 5.32 Å². The molecule has 7 nitrogen and oxygen atoms in total. The molecule has 0 aliphatic carbocycles. The Labute approximate surface area is 181 Å². The fraction of sp³-hybridized carbons (Fsp3) is 0.292. The summed E-state index contributed by atoms with van der Waals surface area (Å²) in [7, 11) is 0. The Hall–Kier alpha value is -3.61. The number of H-pyrrole nitrogens is 1. The van der Waals surface area contributed by atoms with Crippen LogP contribution in [0.4, 0.5) is 0 Å². The molecule has 0 unspecified atom stereocenters. The van der Waals surface area contributed by atoms with E-state index in [1.165, 1.54) is 0 Å². The lowest BCUT2D eigenvalue weighted by Crippen LogP contribution is -2.51. The van der Waals surface area contributed by atoms with E-state index >= 15 is 0 Å². The molecular weight excluding hydrogens is 392 g/mol. The van der Waals surface area contributed by atoms with Gasteiger partial charge in [0.05, 0.1) is 6.42 Å². The highest BCUT2D eigenvalue weighted by Gasteiger charge is 2.24. The van der Waals surface area contributed by atoms with E-state index in [9.17, 15) is 14.4 Å². The van der Waals surface area contributed by atoms with Gasteiger partial charge in [-0.2, -0.15) is 0 Å². The lowest BCUT2D eigenvalue weighted by Gasteiger charge is -2.35. The first-order chi connectivity index (χ1) is 15.1. The fourth-order valence-electron chi connectivity index (χ4n) is 3.89. The molecular formula is C24H26N4O3. The Morgan fingerprint density at radius 1 is 0.839 bits per heavy atom. The highest BCUT2D eigenvalue weighted by Crippen LogP contribution is 2.19. The van der Waals surface area contributed by atoms with Crippen LogP contribution in [0.25, 0.3) is 10.9 Å². The molecule has 7 heteroatoms. The number of hydrogen-bond acceptors (Lipinski definition) is 3. The van der Waals surface area contributed by atoms with Crippen molar-refractivity contribution in [3.05, 3.63) is 71.9 Å². The van der Waals surface area contributed by atoms with E-state index in [0.29, 0.717) is 44.7 Å².